The largest absolute Gasteiger partial charge is 0.329 e. The Balaban J connectivity index is 1.41. The minimum atomic E-state index is -0.836. The molecule has 2 saturated heterocycles. The highest BCUT2D eigenvalue weighted by atomic mass is 16.5. The van der Waals surface area contributed by atoms with E-state index in [4.69, 9.17) is 0 Å². The Labute approximate surface area is 444 Å². The zero-order valence-electron chi connectivity index (χ0n) is 45.3. The van der Waals surface area contributed by atoms with Gasteiger partial charge in [0.05, 0.1) is 24.2 Å². The first-order valence-electron chi connectivity index (χ1n) is 26.5. The number of allylic oxidation sites excluding steroid dienone is 3. The molecule has 0 bridgehead atoms. The van der Waals surface area contributed by atoms with Crippen molar-refractivity contribution >= 4 is 35.4 Å². The molecule has 2 aliphatic heterocycles. The molecule has 2 heterocycles. The average Bonchev–Trinajstić information content (AvgIpc) is 3.42. The number of hydroxylamine groups is 2. The molecule has 0 saturated carbocycles. The van der Waals surface area contributed by atoms with E-state index in [0.29, 0.717) is 6.42 Å². The summed E-state index contributed by atoms with van der Waals surface area (Å²) in [6.07, 6.45) is 9.09. The standard InChI is InChI=1S/C61H77N7O7/c1-43(48-25-15-10-16-26-48)62-37-55(70)64(45(3)50-29-19-12-20-30-50)39-57(72)66(47(5)52-33-23-14-24-34-52)41-59(74)67(53-35-60(6,7)68(75)61(8,9)36-53)42-58(73)65(46(4)51-31-21-13-22-32-51)40-56(71)63(38-54(62)69)44(2)49-27-17-11-18-28-49/h10-31,33-34,43-47,51,53,75H,32,35-42H2,1-9H3/t43-,44-,45-,46-,47-,51?/m0/s1. The van der Waals surface area contributed by atoms with Gasteiger partial charge in [0.15, 0.2) is 0 Å². The SMILES string of the molecule is C[C@@H](c1ccccc1)N1CC(=O)N(C2CC(C)(C)N(O)C(C)(C)C2)CC(=O)N([C@@H](C)C2C=CC=CC2)CC(=O)N([C@@H](C)c2ccccc2)CC(=O)N([C@@H](C)c2ccccc2)CC(=O)N([C@@H](C)c2ccccc2)CC1=O. The van der Waals surface area contributed by atoms with E-state index in [0.717, 1.165) is 22.3 Å². The van der Waals surface area contributed by atoms with Gasteiger partial charge in [0.25, 0.3) is 0 Å². The van der Waals surface area contributed by atoms with Gasteiger partial charge in [0.1, 0.15) is 39.3 Å². The van der Waals surface area contributed by atoms with Gasteiger partial charge in [-0.15, -0.1) is 0 Å². The van der Waals surface area contributed by atoms with Crippen molar-refractivity contribution < 1.29 is 34.0 Å². The van der Waals surface area contributed by atoms with Gasteiger partial charge in [-0.25, -0.2) is 0 Å². The highest BCUT2D eigenvalue weighted by Crippen LogP contribution is 2.39. The van der Waals surface area contributed by atoms with Crippen LogP contribution in [0.4, 0.5) is 0 Å². The molecule has 3 aliphatic rings. The summed E-state index contributed by atoms with van der Waals surface area (Å²) >= 11 is 0. The second-order valence-electron chi connectivity index (χ2n) is 21.9. The monoisotopic (exact) mass is 1020 g/mol. The molecule has 14 heteroatoms. The third kappa shape index (κ3) is 13.1. The quantitative estimate of drug-likeness (QED) is 0.157. The minimum absolute atomic E-state index is 0.180. The summed E-state index contributed by atoms with van der Waals surface area (Å²) in [5.41, 5.74) is 1.36. The lowest BCUT2D eigenvalue weighted by atomic mass is 9.78. The molecular formula is C61H77N7O7. The predicted molar refractivity (Wildman–Crippen MR) is 290 cm³/mol. The fourth-order valence-electron chi connectivity index (χ4n) is 11.3. The van der Waals surface area contributed by atoms with E-state index in [2.05, 4.69) is 0 Å². The highest BCUT2D eigenvalue weighted by molar-refractivity contribution is 5.94. The van der Waals surface area contributed by atoms with Gasteiger partial charge in [0, 0.05) is 29.1 Å². The van der Waals surface area contributed by atoms with Gasteiger partial charge in [-0.3, -0.25) is 28.8 Å². The van der Waals surface area contributed by atoms with Crippen LogP contribution in [0.15, 0.2) is 146 Å². The van der Waals surface area contributed by atoms with Gasteiger partial charge in [-0.2, -0.15) is 5.06 Å². The van der Waals surface area contributed by atoms with Crippen molar-refractivity contribution in [1.82, 2.24) is 34.5 Å². The van der Waals surface area contributed by atoms with Crippen molar-refractivity contribution in [1.29, 1.82) is 0 Å². The Morgan fingerprint density at radius 3 is 1.05 bits per heavy atom. The maximum Gasteiger partial charge on any atom is 0.243 e. The fourth-order valence-corrected chi connectivity index (χ4v) is 11.3. The number of hydrogen-bond donors (Lipinski definition) is 1. The van der Waals surface area contributed by atoms with Crippen LogP contribution >= 0.6 is 0 Å². The van der Waals surface area contributed by atoms with E-state index in [-0.39, 0.29) is 18.8 Å². The summed E-state index contributed by atoms with van der Waals surface area (Å²) in [4.78, 5) is 102. The van der Waals surface area contributed by atoms with Crippen LogP contribution in [0.25, 0.3) is 0 Å². The average molecular weight is 1020 g/mol. The van der Waals surface area contributed by atoms with E-state index in [1.807, 2.05) is 208 Å². The van der Waals surface area contributed by atoms with Crippen LogP contribution in [0.3, 0.4) is 0 Å². The van der Waals surface area contributed by atoms with Crippen molar-refractivity contribution in [2.45, 2.75) is 129 Å². The van der Waals surface area contributed by atoms with Crippen LogP contribution in [0.1, 0.15) is 128 Å². The summed E-state index contributed by atoms with van der Waals surface area (Å²) in [5.74, 6) is -3.16. The molecule has 1 aliphatic carbocycles. The highest BCUT2D eigenvalue weighted by Gasteiger charge is 2.49. The molecule has 14 nitrogen and oxygen atoms in total. The molecule has 4 aromatic carbocycles. The molecule has 0 spiro atoms. The van der Waals surface area contributed by atoms with Crippen molar-refractivity contribution in [3.05, 3.63) is 168 Å². The van der Waals surface area contributed by atoms with E-state index < -0.39 is 122 Å². The fraction of sp³-hybridized carbons (Fsp3) is 0.443. The predicted octanol–water partition coefficient (Wildman–Crippen LogP) is 8.95. The number of benzene rings is 4. The van der Waals surface area contributed by atoms with Crippen LogP contribution in [-0.2, 0) is 28.8 Å². The molecule has 6 atom stereocenters. The lowest BCUT2D eigenvalue weighted by Crippen LogP contribution is -2.65. The first-order chi connectivity index (χ1) is 35.7. The molecule has 7 rings (SSSR count). The zero-order valence-corrected chi connectivity index (χ0v) is 45.3. The normalized spacial score (nSPS) is 22.2. The van der Waals surface area contributed by atoms with Gasteiger partial charge in [0.2, 0.25) is 35.4 Å². The number of hydrogen-bond acceptors (Lipinski definition) is 8. The summed E-state index contributed by atoms with van der Waals surface area (Å²) in [7, 11) is 0. The topological polar surface area (TPSA) is 145 Å². The molecule has 398 valence electrons. The molecule has 0 aromatic heterocycles. The molecule has 6 amide bonds. The smallest absolute Gasteiger partial charge is 0.243 e. The molecule has 0 radical (unpaired) electrons. The molecular weight excluding hydrogens is 943 g/mol. The van der Waals surface area contributed by atoms with Crippen molar-refractivity contribution in [2.75, 3.05) is 39.3 Å². The summed E-state index contributed by atoms with van der Waals surface area (Å²) in [5, 5.41) is 12.8. The van der Waals surface area contributed by atoms with Crippen LogP contribution in [-0.4, -0.2) is 138 Å². The Morgan fingerprint density at radius 1 is 0.427 bits per heavy atom. The third-order valence-electron chi connectivity index (χ3n) is 15.9. The van der Waals surface area contributed by atoms with Crippen LogP contribution in [0.2, 0.25) is 0 Å². The molecule has 75 heavy (non-hydrogen) atoms. The lowest BCUT2D eigenvalue weighted by molar-refractivity contribution is -0.251. The van der Waals surface area contributed by atoms with Gasteiger partial charge < -0.3 is 34.6 Å². The number of carbonyl (C=O) groups excluding carboxylic acids is 6. The Kier molecular flexibility index (Phi) is 18.0. The lowest BCUT2D eigenvalue weighted by Gasteiger charge is -2.53. The number of amides is 6. The summed E-state index contributed by atoms with van der Waals surface area (Å²) in [6, 6.07) is 33.7. The first-order valence-corrected chi connectivity index (χ1v) is 26.5. The van der Waals surface area contributed by atoms with Crippen LogP contribution in [0, 0.1) is 5.92 Å². The Morgan fingerprint density at radius 2 is 0.733 bits per heavy atom. The molecule has 1 unspecified atom stereocenters. The van der Waals surface area contributed by atoms with Crippen molar-refractivity contribution in [3.8, 4) is 0 Å². The van der Waals surface area contributed by atoms with Crippen molar-refractivity contribution in [2.24, 2.45) is 5.92 Å². The third-order valence-corrected chi connectivity index (χ3v) is 15.9. The molecule has 2 fully saturated rings. The van der Waals surface area contributed by atoms with E-state index in [9.17, 15) is 5.21 Å². The Hall–Kier alpha value is -6.90. The number of carbonyl (C=O) groups is 6. The summed E-state index contributed by atoms with van der Waals surface area (Å²) < 4.78 is 0. The second kappa shape index (κ2) is 24.2. The van der Waals surface area contributed by atoms with Gasteiger partial charge >= 0.3 is 0 Å². The first kappa shape index (κ1) is 55.8. The van der Waals surface area contributed by atoms with Gasteiger partial charge in [-0.1, -0.05) is 146 Å². The Bertz CT molecular complexity index is 2660. The zero-order chi connectivity index (χ0) is 54.2. The molecule has 1 N–H and O–H groups in total. The summed E-state index contributed by atoms with van der Waals surface area (Å²) in [6.45, 7) is 14.2. The van der Waals surface area contributed by atoms with Crippen LogP contribution < -0.4 is 0 Å². The van der Waals surface area contributed by atoms with Crippen LogP contribution in [0.5, 0.6) is 0 Å². The second-order valence-corrected chi connectivity index (χ2v) is 21.9. The van der Waals surface area contributed by atoms with Crippen molar-refractivity contribution in [3.63, 3.8) is 0 Å². The van der Waals surface area contributed by atoms with Gasteiger partial charge in [-0.05, 0) is 104 Å². The minimum Gasteiger partial charge on any atom is -0.329 e. The maximum absolute atomic E-state index is 15.6. The van der Waals surface area contributed by atoms with E-state index in [1.54, 1.807) is 9.80 Å². The number of piperidine rings is 1. The number of rotatable bonds is 11. The number of nitrogens with zero attached hydrogens (tertiary/aromatic N) is 7. The van der Waals surface area contributed by atoms with E-state index in [1.165, 1.54) is 24.7 Å². The maximum atomic E-state index is 15.6. The molecule has 4 aromatic rings. The van der Waals surface area contributed by atoms with E-state index >= 15 is 28.8 Å².